The van der Waals surface area contributed by atoms with Crippen molar-refractivity contribution in [1.29, 1.82) is 0 Å². The fraction of sp³-hybridized carbons (Fsp3) is 0.286. The van der Waals surface area contributed by atoms with Crippen molar-refractivity contribution >= 4 is 16.9 Å². The number of aromatic nitrogens is 4. The van der Waals surface area contributed by atoms with Crippen molar-refractivity contribution in [3.63, 3.8) is 0 Å². The maximum absolute atomic E-state index is 5.74. The molecule has 2 aromatic heterocycles. The normalized spacial score (nSPS) is 19.1. The second kappa shape index (κ2) is 2.32. The molecule has 0 aromatic carbocycles. The van der Waals surface area contributed by atoms with Crippen molar-refractivity contribution in [2.24, 2.45) is 16.0 Å². The summed E-state index contributed by atoms with van der Waals surface area (Å²) in [5.74, 6) is 0.469. The summed E-state index contributed by atoms with van der Waals surface area (Å²) < 4.78 is 0. The fourth-order valence-corrected chi connectivity index (χ4v) is 1.51. The Balaban J connectivity index is 2.45. The average Bonchev–Trinajstić information content (AvgIpc) is 2.72. The van der Waals surface area contributed by atoms with E-state index < -0.39 is 6.17 Å². The van der Waals surface area contributed by atoms with Crippen LogP contribution in [0.1, 0.15) is 17.4 Å². The average molecular weight is 189 g/mol. The van der Waals surface area contributed by atoms with Crippen LogP contribution in [0.3, 0.4) is 0 Å². The standard InChI is InChI=1S/C7H7N7/c1-2-4-5(11-9-2)3-6(8)12-14-7(3)13-10-4/h6H,8H2,1H3,(H,9,11). The summed E-state index contributed by atoms with van der Waals surface area (Å²) in [6.45, 7) is 1.88. The molecule has 1 unspecified atom stereocenters. The molecule has 1 atom stereocenters. The minimum atomic E-state index is -0.467. The van der Waals surface area contributed by atoms with E-state index in [0.717, 1.165) is 16.8 Å². The summed E-state index contributed by atoms with van der Waals surface area (Å²) in [6, 6.07) is 0. The van der Waals surface area contributed by atoms with Crippen molar-refractivity contribution < 1.29 is 0 Å². The van der Waals surface area contributed by atoms with Crippen molar-refractivity contribution in [1.82, 2.24) is 20.4 Å². The lowest BCUT2D eigenvalue weighted by molar-refractivity contribution is 0.772. The molecular formula is C7H7N7. The van der Waals surface area contributed by atoms with E-state index in [2.05, 4.69) is 30.6 Å². The van der Waals surface area contributed by atoms with Crippen LogP contribution in [-0.4, -0.2) is 20.4 Å². The maximum atomic E-state index is 5.74. The van der Waals surface area contributed by atoms with E-state index in [-0.39, 0.29) is 0 Å². The van der Waals surface area contributed by atoms with E-state index in [1.54, 1.807) is 0 Å². The number of aryl methyl sites for hydroxylation is 1. The van der Waals surface area contributed by atoms with Gasteiger partial charge in [-0.3, -0.25) is 5.10 Å². The van der Waals surface area contributed by atoms with Gasteiger partial charge in [0.25, 0.3) is 0 Å². The summed E-state index contributed by atoms with van der Waals surface area (Å²) in [5.41, 5.74) is 8.80. The largest absolute Gasteiger partial charge is 0.304 e. The molecule has 0 fully saturated rings. The summed E-state index contributed by atoms with van der Waals surface area (Å²) in [6.07, 6.45) is -0.467. The Kier molecular flexibility index (Phi) is 1.25. The minimum Gasteiger partial charge on any atom is -0.304 e. The molecule has 0 saturated heterocycles. The van der Waals surface area contributed by atoms with Crippen molar-refractivity contribution in [3.05, 3.63) is 11.3 Å². The van der Waals surface area contributed by atoms with Crippen molar-refractivity contribution in [2.75, 3.05) is 0 Å². The highest BCUT2D eigenvalue weighted by Crippen LogP contribution is 2.34. The van der Waals surface area contributed by atoms with Gasteiger partial charge in [0.1, 0.15) is 11.0 Å². The van der Waals surface area contributed by atoms with Crippen molar-refractivity contribution in [2.45, 2.75) is 13.1 Å². The second-order valence-corrected chi connectivity index (χ2v) is 3.14. The molecular weight excluding hydrogens is 182 g/mol. The molecule has 1 aliphatic rings. The predicted octanol–water partition coefficient (Wildman–Crippen LogP) is 0.716. The molecule has 7 nitrogen and oxygen atoms in total. The van der Waals surface area contributed by atoms with Gasteiger partial charge in [-0.15, -0.1) is 15.3 Å². The van der Waals surface area contributed by atoms with Crippen LogP contribution in [0.25, 0.3) is 11.0 Å². The van der Waals surface area contributed by atoms with Crippen LogP contribution < -0.4 is 5.73 Å². The van der Waals surface area contributed by atoms with E-state index in [1.807, 2.05) is 6.92 Å². The Hall–Kier alpha value is -1.89. The van der Waals surface area contributed by atoms with E-state index in [0.29, 0.717) is 11.3 Å². The first-order valence-electron chi connectivity index (χ1n) is 4.15. The van der Waals surface area contributed by atoms with Crippen LogP contribution in [0.15, 0.2) is 10.2 Å². The zero-order chi connectivity index (χ0) is 9.71. The number of aromatic amines is 1. The molecule has 0 radical (unpaired) electrons. The smallest absolute Gasteiger partial charge is 0.205 e. The molecule has 0 aliphatic carbocycles. The maximum Gasteiger partial charge on any atom is 0.205 e. The quantitative estimate of drug-likeness (QED) is 0.636. The summed E-state index contributed by atoms with van der Waals surface area (Å²) >= 11 is 0. The van der Waals surface area contributed by atoms with Crippen LogP contribution in [0, 0.1) is 6.92 Å². The second-order valence-electron chi connectivity index (χ2n) is 3.14. The highest BCUT2D eigenvalue weighted by molar-refractivity contribution is 5.83. The Bertz CT molecular complexity index is 540. The highest BCUT2D eigenvalue weighted by Gasteiger charge is 2.24. The monoisotopic (exact) mass is 189 g/mol. The molecule has 0 saturated carbocycles. The topological polar surface area (TPSA) is 105 Å². The molecule has 3 N–H and O–H groups in total. The Morgan fingerprint density at radius 1 is 1.29 bits per heavy atom. The van der Waals surface area contributed by atoms with Gasteiger partial charge < -0.3 is 5.73 Å². The molecule has 7 heteroatoms. The first kappa shape index (κ1) is 7.51. The number of hydrogen-bond acceptors (Lipinski definition) is 6. The number of nitrogens with zero attached hydrogens (tertiary/aromatic N) is 5. The molecule has 0 amide bonds. The first-order chi connectivity index (χ1) is 6.77. The Morgan fingerprint density at radius 2 is 2.14 bits per heavy atom. The molecule has 3 rings (SSSR count). The van der Waals surface area contributed by atoms with E-state index in [4.69, 9.17) is 5.73 Å². The molecule has 70 valence electrons. The number of hydrogen-bond donors (Lipinski definition) is 2. The highest BCUT2D eigenvalue weighted by atomic mass is 15.3. The number of rotatable bonds is 0. The van der Waals surface area contributed by atoms with Gasteiger partial charge in [0, 0.05) is 0 Å². The summed E-state index contributed by atoms with van der Waals surface area (Å²) in [4.78, 5) is 0. The first-order valence-corrected chi connectivity index (χ1v) is 4.15. The van der Waals surface area contributed by atoms with Gasteiger partial charge in [-0.1, -0.05) is 0 Å². The minimum absolute atomic E-state index is 0.467. The van der Waals surface area contributed by atoms with E-state index in [9.17, 15) is 0 Å². The van der Waals surface area contributed by atoms with Crippen LogP contribution in [-0.2, 0) is 0 Å². The molecule has 1 aliphatic heterocycles. The lowest BCUT2D eigenvalue weighted by Gasteiger charge is -1.99. The van der Waals surface area contributed by atoms with Crippen LogP contribution in [0.5, 0.6) is 0 Å². The molecule has 2 aromatic rings. The molecule has 0 spiro atoms. The SMILES string of the molecule is Cc1[nH]nc2c3c(nnc12)N=NC3N. The number of nitrogens with two attached hydrogens (primary N) is 1. The van der Waals surface area contributed by atoms with Gasteiger partial charge in [0.2, 0.25) is 5.82 Å². The third kappa shape index (κ3) is 0.765. The van der Waals surface area contributed by atoms with E-state index in [1.165, 1.54) is 0 Å². The van der Waals surface area contributed by atoms with Gasteiger partial charge in [-0.05, 0) is 6.92 Å². The molecule has 3 heterocycles. The Morgan fingerprint density at radius 3 is 3.00 bits per heavy atom. The van der Waals surface area contributed by atoms with Crippen LogP contribution in [0.4, 0.5) is 5.82 Å². The van der Waals surface area contributed by atoms with E-state index >= 15 is 0 Å². The fourth-order valence-electron chi connectivity index (χ4n) is 1.51. The number of H-pyrrole nitrogens is 1. The van der Waals surface area contributed by atoms with Gasteiger partial charge in [-0.2, -0.15) is 10.2 Å². The van der Waals surface area contributed by atoms with Crippen LogP contribution >= 0.6 is 0 Å². The molecule has 0 bridgehead atoms. The van der Waals surface area contributed by atoms with Gasteiger partial charge in [0.15, 0.2) is 6.17 Å². The third-order valence-corrected chi connectivity index (χ3v) is 2.23. The number of azo groups is 1. The van der Waals surface area contributed by atoms with Crippen LogP contribution in [0.2, 0.25) is 0 Å². The van der Waals surface area contributed by atoms with Gasteiger partial charge in [0.05, 0.1) is 11.3 Å². The predicted molar refractivity (Wildman–Crippen MR) is 47.9 cm³/mol. The van der Waals surface area contributed by atoms with Crippen molar-refractivity contribution in [3.8, 4) is 0 Å². The molecule has 14 heavy (non-hydrogen) atoms. The lowest BCUT2D eigenvalue weighted by Crippen LogP contribution is -2.05. The Labute approximate surface area is 78.4 Å². The van der Waals surface area contributed by atoms with Gasteiger partial charge >= 0.3 is 0 Å². The summed E-state index contributed by atoms with van der Waals surface area (Å²) in [5, 5.41) is 22.5. The third-order valence-electron chi connectivity index (χ3n) is 2.23. The lowest BCUT2D eigenvalue weighted by atomic mass is 10.2. The van der Waals surface area contributed by atoms with Gasteiger partial charge in [-0.25, -0.2) is 0 Å². The zero-order valence-corrected chi connectivity index (χ0v) is 7.39. The zero-order valence-electron chi connectivity index (χ0n) is 7.39. The summed E-state index contributed by atoms with van der Waals surface area (Å²) in [7, 11) is 0. The number of nitrogens with one attached hydrogen (secondary N) is 1. The number of fused-ring (bicyclic) bond motifs is 3.